The van der Waals surface area contributed by atoms with Crippen molar-refractivity contribution < 1.29 is 4.79 Å². The van der Waals surface area contributed by atoms with E-state index in [1.807, 2.05) is 36.2 Å². The van der Waals surface area contributed by atoms with Crippen LogP contribution >= 0.6 is 9.21 Å². The minimum absolute atomic E-state index is 0.107. The Morgan fingerprint density at radius 3 is 2.43 bits per heavy atom. The average Bonchev–Trinajstić information content (AvgIpc) is 3.49. The zero-order chi connectivity index (χ0) is 20.1. The fraction of sp³-hybridized carbons (Fsp3) is 0.208. The minimum atomic E-state index is -1.39. The van der Waals surface area contributed by atoms with Crippen LogP contribution in [0.25, 0.3) is 11.3 Å². The number of nitrogens with zero attached hydrogens (tertiary/aromatic N) is 1. The molecule has 0 radical (unpaired) electrons. The minimum Gasteiger partial charge on any atom is -0.350 e. The topological polar surface area (TPSA) is 32.3 Å². The number of hydrogen-bond acceptors (Lipinski definition) is 2. The first-order chi connectivity index (χ1) is 13.3. The number of nitrogens with one attached hydrogen (secondary N) is 1. The molecule has 0 aromatic heterocycles. The molecule has 1 saturated carbocycles. The van der Waals surface area contributed by atoms with Gasteiger partial charge in [0, 0.05) is 47.2 Å². The number of anilines is 1. The highest BCUT2D eigenvalue weighted by atomic mass is 32.2. The number of carbonyl (C=O) groups is 1. The molecule has 1 amide bonds. The first kappa shape index (κ1) is 18.6. The van der Waals surface area contributed by atoms with Gasteiger partial charge in [-0.05, 0) is 47.8 Å². The SMILES string of the molecule is C=C1c2ccccc2C(c2cc(S(=C)(=C)C)ccc2NC(=O)C2CC2)=CN1C. The van der Waals surface area contributed by atoms with Crippen molar-refractivity contribution in [2.75, 3.05) is 18.6 Å². The van der Waals surface area contributed by atoms with E-state index in [4.69, 9.17) is 0 Å². The van der Waals surface area contributed by atoms with E-state index in [-0.39, 0.29) is 11.8 Å². The van der Waals surface area contributed by atoms with Crippen molar-refractivity contribution in [3.8, 4) is 0 Å². The molecule has 4 heteroatoms. The zero-order valence-corrected chi connectivity index (χ0v) is 17.3. The summed E-state index contributed by atoms with van der Waals surface area (Å²) in [5, 5.41) is 3.15. The Morgan fingerprint density at radius 1 is 1.11 bits per heavy atom. The van der Waals surface area contributed by atoms with Gasteiger partial charge < -0.3 is 10.2 Å². The lowest BCUT2D eigenvalue weighted by Gasteiger charge is -2.29. The smallest absolute Gasteiger partial charge is 0.227 e. The Kier molecular flexibility index (Phi) is 4.47. The van der Waals surface area contributed by atoms with Crippen molar-refractivity contribution in [1.29, 1.82) is 0 Å². The van der Waals surface area contributed by atoms with Crippen LogP contribution in [0.4, 0.5) is 5.69 Å². The molecule has 0 saturated heterocycles. The molecule has 28 heavy (non-hydrogen) atoms. The van der Waals surface area contributed by atoms with Gasteiger partial charge in [0.1, 0.15) is 0 Å². The van der Waals surface area contributed by atoms with Crippen LogP contribution in [-0.2, 0) is 4.79 Å². The van der Waals surface area contributed by atoms with Crippen LogP contribution in [0.5, 0.6) is 0 Å². The molecule has 4 rings (SSSR count). The standard InChI is InChI=1S/C24H26N2OS/c1-16-19-8-6-7-9-20(19)22(15-26(16)2)21-14-18(28(3,4)5)12-13-23(21)25-24(27)17-10-11-17/h6-9,12-15,17H,1,3-4,10-11H2,2,5H3,(H,25,27). The monoisotopic (exact) mass is 390 g/mol. The highest BCUT2D eigenvalue weighted by Crippen LogP contribution is 2.41. The number of rotatable bonds is 4. The van der Waals surface area contributed by atoms with Gasteiger partial charge in [-0.3, -0.25) is 4.79 Å². The summed E-state index contributed by atoms with van der Waals surface area (Å²) in [6.07, 6.45) is 6.13. The summed E-state index contributed by atoms with van der Waals surface area (Å²) in [5.41, 5.74) is 6.10. The molecule has 1 fully saturated rings. The molecule has 1 heterocycles. The number of hydrogen-bond donors (Lipinski definition) is 1. The molecular weight excluding hydrogens is 364 g/mol. The summed E-state index contributed by atoms with van der Waals surface area (Å²) in [5.74, 6) is 8.80. The van der Waals surface area contributed by atoms with E-state index in [1.165, 1.54) is 0 Å². The third-order valence-corrected chi connectivity index (χ3v) is 6.72. The average molecular weight is 391 g/mol. The Bertz CT molecular complexity index is 1120. The Morgan fingerprint density at radius 2 is 1.79 bits per heavy atom. The first-order valence-corrected chi connectivity index (χ1v) is 11.8. The largest absolute Gasteiger partial charge is 0.350 e. The molecule has 0 spiro atoms. The van der Waals surface area contributed by atoms with Gasteiger partial charge in [0.2, 0.25) is 5.91 Å². The van der Waals surface area contributed by atoms with E-state index >= 15 is 0 Å². The summed E-state index contributed by atoms with van der Waals surface area (Å²) in [7, 11) is 0.617. The van der Waals surface area contributed by atoms with Crippen LogP contribution in [0.15, 0.2) is 60.1 Å². The van der Waals surface area contributed by atoms with Gasteiger partial charge in [-0.2, -0.15) is 9.21 Å². The molecule has 1 aliphatic heterocycles. The normalized spacial score (nSPS) is 16.4. The van der Waals surface area contributed by atoms with E-state index in [1.54, 1.807) is 0 Å². The van der Waals surface area contributed by atoms with Crippen molar-refractivity contribution in [1.82, 2.24) is 4.90 Å². The summed E-state index contributed by atoms with van der Waals surface area (Å²) in [6.45, 7) is 4.22. The quantitative estimate of drug-likeness (QED) is 0.745. The maximum atomic E-state index is 12.5. The van der Waals surface area contributed by atoms with E-state index in [9.17, 15) is 4.79 Å². The van der Waals surface area contributed by atoms with E-state index in [0.29, 0.717) is 0 Å². The highest BCUT2D eigenvalue weighted by molar-refractivity contribution is 8.27. The molecule has 0 unspecified atom stereocenters. The van der Waals surface area contributed by atoms with Crippen molar-refractivity contribution in [3.63, 3.8) is 0 Å². The second-order valence-electron chi connectivity index (χ2n) is 7.89. The highest BCUT2D eigenvalue weighted by Gasteiger charge is 2.30. The summed E-state index contributed by atoms with van der Waals surface area (Å²) in [6, 6.07) is 14.4. The predicted octanol–water partition coefficient (Wildman–Crippen LogP) is 5.00. The zero-order valence-electron chi connectivity index (χ0n) is 16.5. The lowest BCUT2D eigenvalue weighted by molar-refractivity contribution is -0.117. The van der Waals surface area contributed by atoms with Crippen LogP contribution in [0, 0.1) is 5.92 Å². The van der Waals surface area contributed by atoms with Crippen molar-refractivity contribution in [2.24, 2.45) is 5.92 Å². The molecule has 144 valence electrons. The van der Waals surface area contributed by atoms with Gasteiger partial charge in [0.05, 0.1) is 0 Å². The molecule has 1 N–H and O–H groups in total. The van der Waals surface area contributed by atoms with Crippen LogP contribution < -0.4 is 5.32 Å². The second kappa shape index (κ2) is 6.71. The van der Waals surface area contributed by atoms with Gasteiger partial charge in [-0.25, -0.2) is 0 Å². The summed E-state index contributed by atoms with van der Waals surface area (Å²) < 4.78 is 0. The number of carbonyl (C=O) groups excluding carboxylic acids is 1. The number of amides is 1. The first-order valence-electron chi connectivity index (χ1n) is 9.39. The van der Waals surface area contributed by atoms with Crippen molar-refractivity contribution in [3.05, 3.63) is 71.9 Å². The summed E-state index contributed by atoms with van der Waals surface area (Å²) >= 11 is 0. The third kappa shape index (κ3) is 3.40. The van der Waals surface area contributed by atoms with Crippen LogP contribution in [0.1, 0.15) is 29.5 Å². The maximum Gasteiger partial charge on any atom is 0.227 e. The fourth-order valence-corrected chi connectivity index (χ4v) is 4.26. The maximum absolute atomic E-state index is 12.5. The van der Waals surface area contributed by atoms with Gasteiger partial charge in [0.15, 0.2) is 0 Å². The van der Waals surface area contributed by atoms with Gasteiger partial charge >= 0.3 is 0 Å². The van der Waals surface area contributed by atoms with Crippen molar-refractivity contribution in [2.45, 2.75) is 17.7 Å². The van der Waals surface area contributed by atoms with Gasteiger partial charge in [0.25, 0.3) is 0 Å². The lowest BCUT2D eigenvalue weighted by Crippen LogP contribution is -2.18. The fourth-order valence-electron chi connectivity index (χ4n) is 3.46. The van der Waals surface area contributed by atoms with E-state index in [2.05, 4.69) is 54.3 Å². The van der Waals surface area contributed by atoms with E-state index < -0.39 is 9.21 Å². The molecular formula is C24H26N2OS. The summed E-state index contributed by atoms with van der Waals surface area (Å²) in [4.78, 5) is 15.6. The van der Waals surface area contributed by atoms with Crippen LogP contribution in [0.3, 0.4) is 0 Å². The molecule has 2 aliphatic rings. The van der Waals surface area contributed by atoms with Crippen LogP contribution in [0.2, 0.25) is 0 Å². The Hall–Kier alpha value is -2.72. The molecule has 2 aromatic carbocycles. The van der Waals surface area contributed by atoms with Crippen molar-refractivity contribution >= 4 is 43.8 Å². The Labute approximate surface area is 167 Å². The molecule has 0 atom stereocenters. The lowest BCUT2D eigenvalue weighted by atomic mass is 9.89. The second-order valence-corrected chi connectivity index (χ2v) is 10.9. The number of fused-ring (bicyclic) bond motifs is 1. The predicted molar refractivity (Wildman–Crippen MR) is 124 cm³/mol. The van der Waals surface area contributed by atoms with Gasteiger partial charge in [-0.15, -0.1) is 0 Å². The van der Waals surface area contributed by atoms with Gasteiger partial charge in [-0.1, -0.05) is 42.6 Å². The molecule has 1 aliphatic carbocycles. The van der Waals surface area contributed by atoms with Crippen LogP contribution in [-0.4, -0.2) is 35.9 Å². The van der Waals surface area contributed by atoms with E-state index in [0.717, 1.165) is 51.4 Å². The third-order valence-electron chi connectivity index (χ3n) is 5.33. The molecule has 3 nitrogen and oxygen atoms in total. The number of benzene rings is 2. The molecule has 0 bridgehead atoms. The Balaban J connectivity index is 1.90. The molecule has 2 aromatic rings.